The minimum Gasteiger partial charge on any atom is -0.350 e. The lowest BCUT2D eigenvalue weighted by Crippen LogP contribution is -2.38. The predicted octanol–water partition coefficient (Wildman–Crippen LogP) is 2.03. The molecule has 1 heterocycles. The molecule has 21 heavy (non-hydrogen) atoms. The summed E-state index contributed by atoms with van der Waals surface area (Å²) in [5.74, 6) is 0.0839. The molecule has 0 aromatic heterocycles. The van der Waals surface area contributed by atoms with Crippen molar-refractivity contribution in [3.05, 3.63) is 35.4 Å². The number of hydrogen-bond acceptors (Lipinski definition) is 3. The van der Waals surface area contributed by atoms with E-state index in [0.29, 0.717) is 31.0 Å². The van der Waals surface area contributed by atoms with Crippen LogP contribution in [-0.4, -0.2) is 42.8 Å². The second kappa shape index (κ2) is 7.36. The number of carbonyl (C=O) groups is 2. The maximum Gasteiger partial charge on any atom is 0.251 e. The zero-order chi connectivity index (χ0) is 15.2. The molecule has 1 fully saturated rings. The molecule has 1 aliphatic rings. The van der Waals surface area contributed by atoms with Crippen LogP contribution in [0.25, 0.3) is 0 Å². The third-order valence-corrected chi connectivity index (χ3v) is 4.21. The summed E-state index contributed by atoms with van der Waals surface area (Å²) in [6.07, 6.45) is 3.16. The first-order valence-corrected chi connectivity index (χ1v) is 7.70. The van der Waals surface area contributed by atoms with E-state index >= 15 is 0 Å². The summed E-state index contributed by atoms with van der Waals surface area (Å²) in [6, 6.07) is 7.81. The number of nitrogens with zero attached hydrogens (tertiary/aromatic N) is 1. The van der Waals surface area contributed by atoms with E-state index in [-0.39, 0.29) is 11.7 Å². The van der Waals surface area contributed by atoms with E-state index in [2.05, 4.69) is 17.3 Å². The van der Waals surface area contributed by atoms with Crippen LogP contribution in [0.15, 0.2) is 24.3 Å². The van der Waals surface area contributed by atoms with E-state index in [4.69, 9.17) is 0 Å². The Morgan fingerprint density at radius 1 is 1.33 bits per heavy atom. The summed E-state index contributed by atoms with van der Waals surface area (Å²) in [4.78, 5) is 26.3. The summed E-state index contributed by atoms with van der Waals surface area (Å²) in [5.41, 5.74) is 1.45. The number of benzene rings is 1. The van der Waals surface area contributed by atoms with Crippen LogP contribution in [0, 0.1) is 0 Å². The Morgan fingerprint density at radius 2 is 2.10 bits per heavy atom. The number of likely N-dealkylation sites (tertiary alicyclic amines) is 1. The number of carbonyl (C=O) groups excluding carboxylic acids is 2. The highest BCUT2D eigenvalue weighted by molar-refractivity contribution is 5.97. The summed E-state index contributed by atoms with van der Waals surface area (Å²) >= 11 is 0. The van der Waals surface area contributed by atoms with Gasteiger partial charge in [-0.15, -0.1) is 0 Å². The Kier molecular flexibility index (Phi) is 5.51. The number of nitrogens with one attached hydrogen (secondary N) is 1. The fraction of sp³-hybridized carbons (Fsp3) is 0.529. The highest BCUT2D eigenvalue weighted by Gasteiger charge is 2.22. The average Bonchev–Trinajstić information content (AvgIpc) is 2.90. The van der Waals surface area contributed by atoms with Crippen molar-refractivity contribution in [3.8, 4) is 0 Å². The van der Waals surface area contributed by atoms with Gasteiger partial charge in [0.05, 0.1) is 0 Å². The summed E-state index contributed by atoms with van der Waals surface area (Å²) in [5, 5.41) is 3.01. The molecule has 4 nitrogen and oxygen atoms in total. The highest BCUT2D eigenvalue weighted by atomic mass is 16.1. The number of rotatable bonds is 6. The summed E-state index contributed by atoms with van der Waals surface area (Å²) < 4.78 is 0. The fourth-order valence-electron chi connectivity index (χ4n) is 2.78. The van der Waals surface area contributed by atoms with Gasteiger partial charge in [0, 0.05) is 31.0 Å². The smallest absolute Gasteiger partial charge is 0.251 e. The molecule has 0 aliphatic carbocycles. The third-order valence-electron chi connectivity index (χ3n) is 4.21. The highest BCUT2D eigenvalue weighted by Crippen LogP contribution is 2.15. The molecular formula is C17H24N2O2. The van der Waals surface area contributed by atoms with Crippen LogP contribution in [0.2, 0.25) is 0 Å². The molecule has 1 saturated heterocycles. The van der Waals surface area contributed by atoms with Crippen LogP contribution in [0.3, 0.4) is 0 Å². The molecule has 1 aromatic rings. The summed E-state index contributed by atoms with van der Waals surface area (Å²) in [7, 11) is 2.09. The van der Waals surface area contributed by atoms with E-state index < -0.39 is 0 Å². The van der Waals surface area contributed by atoms with Gasteiger partial charge in [-0.25, -0.2) is 0 Å². The van der Waals surface area contributed by atoms with E-state index in [1.54, 1.807) is 6.07 Å². The lowest BCUT2D eigenvalue weighted by Gasteiger charge is -2.20. The van der Waals surface area contributed by atoms with Crippen molar-refractivity contribution in [1.29, 1.82) is 0 Å². The first-order chi connectivity index (χ1) is 10.1. The van der Waals surface area contributed by atoms with Gasteiger partial charge in [0.25, 0.3) is 5.91 Å². The van der Waals surface area contributed by atoms with Crippen molar-refractivity contribution in [2.45, 2.75) is 38.6 Å². The third kappa shape index (κ3) is 4.14. The van der Waals surface area contributed by atoms with Gasteiger partial charge in [0.15, 0.2) is 0 Å². The van der Waals surface area contributed by atoms with Gasteiger partial charge in [0.2, 0.25) is 0 Å². The molecule has 114 valence electrons. The van der Waals surface area contributed by atoms with Gasteiger partial charge in [-0.1, -0.05) is 25.1 Å². The van der Waals surface area contributed by atoms with Crippen LogP contribution in [0.5, 0.6) is 0 Å². The standard InChI is InChI=1S/C17H24N2O2/c1-3-15(20)11-13-7-4-5-9-16(13)17(21)18-12-14-8-6-10-19(14)2/h4-5,7,9,14H,3,6,8,10-12H2,1-2H3,(H,18,21). The van der Waals surface area contributed by atoms with Crippen molar-refractivity contribution < 1.29 is 9.59 Å². The van der Waals surface area contributed by atoms with Crippen LogP contribution in [0.1, 0.15) is 42.1 Å². The second-order valence-electron chi connectivity index (χ2n) is 5.71. The normalized spacial score (nSPS) is 18.7. The molecule has 0 radical (unpaired) electrons. The van der Waals surface area contributed by atoms with Crippen LogP contribution in [0.4, 0.5) is 0 Å². The largest absolute Gasteiger partial charge is 0.350 e. The fourth-order valence-corrected chi connectivity index (χ4v) is 2.78. The Bertz CT molecular complexity index is 513. The second-order valence-corrected chi connectivity index (χ2v) is 5.71. The Balaban J connectivity index is 1.99. The van der Waals surface area contributed by atoms with Crippen LogP contribution in [-0.2, 0) is 11.2 Å². The Labute approximate surface area is 126 Å². The molecule has 1 aliphatic heterocycles. The molecule has 1 unspecified atom stereocenters. The molecule has 4 heteroatoms. The molecule has 1 amide bonds. The van der Waals surface area contributed by atoms with E-state index in [1.807, 2.05) is 25.1 Å². The van der Waals surface area contributed by atoms with Gasteiger partial charge in [-0.2, -0.15) is 0 Å². The zero-order valence-corrected chi connectivity index (χ0v) is 12.9. The number of Topliss-reactive ketones (excluding diaryl/α,β-unsaturated/α-hetero) is 1. The minimum atomic E-state index is -0.0743. The van der Waals surface area contributed by atoms with Gasteiger partial charge >= 0.3 is 0 Å². The first-order valence-electron chi connectivity index (χ1n) is 7.70. The lowest BCUT2D eigenvalue weighted by atomic mass is 10.0. The zero-order valence-electron chi connectivity index (χ0n) is 12.9. The minimum absolute atomic E-state index is 0.0743. The quantitative estimate of drug-likeness (QED) is 0.871. The molecule has 2 rings (SSSR count). The topological polar surface area (TPSA) is 49.4 Å². The Hall–Kier alpha value is -1.68. The molecule has 1 N–H and O–H groups in total. The van der Waals surface area contributed by atoms with Gasteiger partial charge < -0.3 is 10.2 Å². The lowest BCUT2D eigenvalue weighted by molar-refractivity contribution is -0.118. The molecule has 0 spiro atoms. The monoisotopic (exact) mass is 288 g/mol. The SMILES string of the molecule is CCC(=O)Cc1ccccc1C(=O)NCC1CCCN1C. The number of hydrogen-bond donors (Lipinski definition) is 1. The molecule has 0 bridgehead atoms. The number of likely N-dealkylation sites (N-methyl/N-ethyl adjacent to an activating group) is 1. The van der Waals surface area contributed by atoms with Gasteiger partial charge in [-0.3, -0.25) is 9.59 Å². The van der Waals surface area contributed by atoms with Crippen LogP contribution < -0.4 is 5.32 Å². The van der Waals surface area contributed by atoms with E-state index in [9.17, 15) is 9.59 Å². The van der Waals surface area contributed by atoms with Crippen molar-refractivity contribution in [1.82, 2.24) is 10.2 Å². The van der Waals surface area contributed by atoms with Crippen molar-refractivity contribution in [2.24, 2.45) is 0 Å². The van der Waals surface area contributed by atoms with Crippen molar-refractivity contribution in [3.63, 3.8) is 0 Å². The van der Waals surface area contributed by atoms with E-state index in [0.717, 1.165) is 18.5 Å². The first kappa shape index (κ1) is 15.7. The number of amides is 1. The predicted molar refractivity (Wildman–Crippen MR) is 83.4 cm³/mol. The number of ketones is 1. The molecule has 0 saturated carbocycles. The van der Waals surface area contributed by atoms with Crippen LogP contribution >= 0.6 is 0 Å². The van der Waals surface area contributed by atoms with Crippen molar-refractivity contribution >= 4 is 11.7 Å². The van der Waals surface area contributed by atoms with Gasteiger partial charge in [0.1, 0.15) is 5.78 Å². The molecule has 1 atom stereocenters. The van der Waals surface area contributed by atoms with Gasteiger partial charge in [-0.05, 0) is 38.1 Å². The molecule has 1 aromatic carbocycles. The Morgan fingerprint density at radius 3 is 2.76 bits per heavy atom. The summed E-state index contributed by atoms with van der Waals surface area (Å²) in [6.45, 7) is 3.62. The maximum absolute atomic E-state index is 12.4. The average molecular weight is 288 g/mol. The van der Waals surface area contributed by atoms with Crippen molar-refractivity contribution in [2.75, 3.05) is 20.1 Å². The molecular weight excluding hydrogens is 264 g/mol. The maximum atomic E-state index is 12.4. The van der Waals surface area contributed by atoms with E-state index in [1.165, 1.54) is 6.42 Å².